The number of nitrogen functional groups attached to an aromatic ring is 1. The molecule has 5 nitrogen and oxygen atoms in total. The fraction of sp³-hybridized carbons (Fsp3) is 0.474. The monoisotopic (exact) mass is 326 g/mol. The van der Waals surface area contributed by atoms with Crippen molar-refractivity contribution in [3.8, 4) is 0 Å². The number of nitrogens with one attached hydrogen (secondary N) is 1. The molecule has 3 saturated carbocycles. The Morgan fingerprint density at radius 3 is 2.79 bits per heavy atom. The second-order valence-electron chi connectivity index (χ2n) is 7.05. The Labute approximate surface area is 140 Å². The average Bonchev–Trinajstić information content (AvgIpc) is 2.54. The normalized spacial score (nSPS) is 25.3. The van der Waals surface area contributed by atoms with Crippen LogP contribution in [0.4, 0.5) is 5.69 Å². The highest BCUT2D eigenvalue weighted by Crippen LogP contribution is 2.53. The van der Waals surface area contributed by atoms with E-state index in [2.05, 4.69) is 11.1 Å². The van der Waals surface area contributed by atoms with Gasteiger partial charge in [-0.05, 0) is 62.0 Å². The third kappa shape index (κ3) is 2.30. The van der Waals surface area contributed by atoms with E-state index in [-0.39, 0.29) is 17.9 Å². The number of ether oxygens (including phenoxy) is 1. The lowest BCUT2D eigenvalue weighted by Crippen LogP contribution is -2.34. The fourth-order valence-corrected chi connectivity index (χ4v) is 4.42. The van der Waals surface area contributed by atoms with E-state index in [1.807, 2.05) is 12.1 Å². The first-order chi connectivity index (χ1) is 11.6. The lowest BCUT2D eigenvalue weighted by atomic mass is 9.58. The first-order valence-corrected chi connectivity index (χ1v) is 8.71. The lowest BCUT2D eigenvalue weighted by Gasteiger charge is -2.47. The van der Waals surface area contributed by atoms with Gasteiger partial charge in [-0.3, -0.25) is 4.79 Å². The number of hydrogen-bond acceptors (Lipinski definition) is 4. The van der Waals surface area contributed by atoms with E-state index in [0.29, 0.717) is 16.8 Å². The van der Waals surface area contributed by atoms with Crippen LogP contribution in [0.5, 0.6) is 0 Å². The van der Waals surface area contributed by atoms with Gasteiger partial charge in [-0.15, -0.1) is 0 Å². The number of carbonyl (C=O) groups excluding carboxylic acids is 1. The van der Waals surface area contributed by atoms with Crippen LogP contribution in [0, 0.1) is 11.8 Å². The number of nitrogens with two attached hydrogens (primary N) is 1. The summed E-state index contributed by atoms with van der Waals surface area (Å²) in [4.78, 5) is 27.1. The molecule has 5 heteroatoms. The Hall–Kier alpha value is -2.30. The van der Waals surface area contributed by atoms with E-state index in [1.54, 1.807) is 6.92 Å². The summed E-state index contributed by atoms with van der Waals surface area (Å²) in [7, 11) is 0. The molecule has 0 saturated heterocycles. The first kappa shape index (κ1) is 15.2. The largest absolute Gasteiger partial charge is 0.462 e. The van der Waals surface area contributed by atoms with E-state index >= 15 is 0 Å². The van der Waals surface area contributed by atoms with Crippen molar-refractivity contribution in [3.63, 3.8) is 0 Å². The molecule has 1 heterocycles. The molecule has 1 aromatic heterocycles. The molecule has 0 aliphatic heterocycles. The van der Waals surface area contributed by atoms with Crippen LogP contribution in [0.3, 0.4) is 0 Å². The molecule has 24 heavy (non-hydrogen) atoms. The lowest BCUT2D eigenvalue weighted by molar-refractivity contribution is 0.0526. The topological polar surface area (TPSA) is 85.2 Å². The Bertz CT molecular complexity index is 862. The third-order valence-electron chi connectivity index (χ3n) is 5.71. The van der Waals surface area contributed by atoms with Crippen LogP contribution >= 0.6 is 0 Å². The summed E-state index contributed by atoms with van der Waals surface area (Å²) < 4.78 is 4.94. The van der Waals surface area contributed by atoms with Gasteiger partial charge in [-0.2, -0.15) is 0 Å². The zero-order chi connectivity index (χ0) is 16.8. The third-order valence-corrected chi connectivity index (χ3v) is 5.71. The van der Waals surface area contributed by atoms with Crippen LogP contribution in [0.15, 0.2) is 23.0 Å². The van der Waals surface area contributed by atoms with Crippen LogP contribution in [0.2, 0.25) is 0 Å². The summed E-state index contributed by atoms with van der Waals surface area (Å²) >= 11 is 0. The van der Waals surface area contributed by atoms with Gasteiger partial charge in [-0.1, -0.05) is 12.1 Å². The number of aromatic nitrogens is 1. The molecule has 5 rings (SSSR count). The molecule has 1 aromatic carbocycles. The molecule has 3 aliphatic carbocycles. The molecule has 2 aromatic rings. The second kappa shape index (κ2) is 5.65. The molecule has 1 atom stereocenters. The van der Waals surface area contributed by atoms with E-state index in [1.165, 1.54) is 31.2 Å². The number of pyridine rings is 1. The molecular weight excluding hydrogens is 304 g/mol. The summed E-state index contributed by atoms with van der Waals surface area (Å²) in [6, 6.07) is 6.05. The highest BCUT2D eigenvalue weighted by molar-refractivity contribution is 6.03. The van der Waals surface area contributed by atoms with Gasteiger partial charge in [0.1, 0.15) is 5.56 Å². The van der Waals surface area contributed by atoms with Crippen LogP contribution in [-0.4, -0.2) is 17.6 Å². The molecule has 0 radical (unpaired) electrons. The van der Waals surface area contributed by atoms with E-state index in [9.17, 15) is 9.59 Å². The number of fused-ring (bicyclic) bond motifs is 3. The maximum atomic E-state index is 12.3. The molecular formula is C19H22N2O3. The number of benzene rings is 1. The number of rotatable bonds is 3. The van der Waals surface area contributed by atoms with Crippen LogP contribution < -0.4 is 11.3 Å². The number of aromatic amines is 1. The highest BCUT2D eigenvalue weighted by Gasteiger charge is 2.40. The van der Waals surface area contributed by atoms with E-state index < -0.39 is 11.5 Å². The molecule has 0 amide bonds. The smallest absolute Gasteiger partial charge is 0.345 e. The minimum atomic E-state index is -0.671. The maximum Gasteiger partial charge on any atom is 0.345 e. The van der Waals surface area contributed by atoms with Crippen molar-refractivity contribution in [1.82, 2.24) is 4.98 Å². The predicted octanol–water partition coefficient (Wildman–Crippen LogP) is 3.19. The average molecular weight is 326 g/mol. The van der Waals surface area contributed by atoms with E-state index in [0.717, 1.165) is 11.8 Å². The molecule has 126 valence electrons. The standard InChI is InChI=1S/C19H22N2O3/c1-2-24-19(23)16-17(20)14-6-4-11(9-15(14)21-18(16)22)13-5-3-10-7-12(13)8-10/h4,6,9-10,12-13H,2-3,5,7-8H2,1H3,(H3,20,21,22)/t10?,12?,13-/m0/s1. The fourth-order valence-electron chi connectivity index (χ4n) is 4.42. The van der Waals surface area contributed by atoms with Crippen molar-refractivity contribution >= 4 is 22.6 Å². The van der Waals surface area contributed by atoms with Gasteiger partial charge in [0, 0.05) is 5.39 Å². The molecule has 3 fully saturated rings. The van der Waals surface area contributed by atoms with Gasteiger partial charge in [-0.25, -0.2) is 4.79 Å². The van der Waals surface area contributed by atoms with Gasteiger partial charge >= 0.3 is 5.97 Å². The van der Waals surface area contributed by atoms with Gasteiger partial charge in [0.05, 0.1) is 17.8 Å². The molecule has 3 aliphatic rings. The second-order valence-corrected chi connectivity index (χ2v) is 7.05. The molecule has 3 N–H and O–H groups in total. The van der Waals surface area contributed by atoms with Crippen molar-refractivity contribution in [1.29, 1.82) is 0 Å². The van der Waals surface area contributed by atoms with Crippen LogP contribution in [0.25, 0.3) is 10.9 Å². The zero-order valence-corrected chi connectivity index (χ0v) is 13.8. The number of anilines is 1. The summed E-state index contributed by atoms with van der Waals surface area (Å²) in [6.07, 6.45) is 5.20. The minimum Gasteiger partial charge on any atom is -0.462 e. The Balaban J connectivity index is 1.77. The Morgan fingerprint density at radius 1 is 1.33 bits per heavy atom. The van der Waals surface area contributed by atoms with Gasteiger partial charge in [0.25, 0.3) is 5.56 Å². The molecule has 0 spiro atoms. The Kier molecular flexibility index (Phi) is 3.59. The van der Waals surface area contributed by atoms with Crippen LogP contribution in [0.1, 0.15) is 54.4 Å². The van der Waals surface area contributed by atoms with Crippen molar-refractivity contribution in [2.24, 2.45) is 11.8 Å². The van der Waals surface area contributed by atoms with Gasteiger partial charge in [0.2, 0.25) is 0 Å². The number of hydrogen-bond donors (Lipinski definition) is 2. The summed E-state index contributed by atoms with van der Waals surface area (Å²) in [6.45, 7) is 1.91. The highest BCUT2D eigenvalue weighted by atomic mass is 16.5. The van der Waals surface area contributed by atoms with Crippen molar-refractivity contribution in [3.05, 3.63) is 39.7 Å². The van der Waals surface area contributed by atoms with Crippen molar-refractivity contribution < 1.29 is 9.53 Å². The number of H-pyrrole nitrogens is 1. The molecule has 0 unspecified atom stereocenters. The Morgan fingerprint density at radius 2 is 2.12 bits per heavy atom. The summed E-state index contributed by atoms with van der Waals surface area (Å²) in [5, 5.41) is 0.698. The number of carbonyl (C=O) groups is 1. The van der Waals surface area contributed by atoms with Gasteiger partial charge in [0.15, 0.2) is 0 Å². The minimum absolute atomic E-state index is 0.100. The van der Waals surface area contributed by atoms with Crippen molar-refractivity contribution in [2.45, 2.75) is 38.5 Å². The first-order valence-electron chi connectivity index (χ1n) is 8.71. The van der Waals surface area contributed by atoms with Crippen molar-refractivity contribution in [2.75, 3.05) is 12.3 Å². The predicted molar refractivity (Wildman–Crippen MR) is 93.1 cm³/mol. The zero-order valence-electron chi connectivity index (χ0n) is 13.8. The molecule has 2 bridgehead atoms. The quantitative estimate of drug-likeness (QED) is 0.848. The maximum absolute atomic E-state index is 12.3. The number of esters is 1. The van der Waals surface area contributed by atoms with Crippen LogP contribution in [-0.2, 0) is 4.74 Å². The SMILES string of the molecule is CCOC(=O)c1c(N)c2ccc([C@@H]3CCC4CC3C4)cc2[nH]c1=O. The summed E-state index contributed by atoms with van der Waals surface area (Å²) in [5.41, 5.74) is 7.68. The van der Waals surface area contributed by atoms with E-state index in [4.69, 9.17) is 10.5 Å². The summed E-state index contributed by atoms with van der Waals surface area (Å²) in [5.74, 6) is 1.63. The van der Waals surface area contributed by atoms with Gasteiger partial charge < -0.3 is 15.5 Å².